The van der Waals surface area contributed by atoms with Crippen molar-refractivity contribution < 1.29 is 4.79 Å². The Bertz CT molecular complexity index is 1090. The van der Waals surface area contributed by atoms with Crippen LogP contribution in [0.15, 0.2) is 42.5 Å². The molecule has 2 aromatic carbocycles. The lowest BCUT2D eigenvalue weighted by molar-refractivity contribution is 0.0712. The Hall–Kier alpha value is -3.15. The van der Waals surface area contributed by atoms with Gasteiger partial charge in [0.1, 0.15) is 5.82 Å². The summed E-state index contributed by atoms with van der Waals surface area (Å²) in [5.41, 5.74) is 5.04. The number of piperidine rings is 1. The third-order valence-corrected chi connectivity index (χ3v) is 6.66. The summed E-state index contributed by atoms with van der Waals surface area (Å²) < 4.78 is 0. The number of hydrogen-bond acceptors (Lipinski definition) is 4. The number of aromatic amines is 1. The Labute approximate surface area is 183 Å². The second kappa shape index (κ2) is 8.17. The fourth-order valence-corrected chi connectivity index (χ4v) is 4.33. The van der Waals surface area contributed by atoms with E-state index in [9.17, 15) is 4.79 Å². The average molecular weight is 416 g/mol. The molecule has 1 amide bonds. The summed E-state index contributed by atoms with van der Waals surface area (Å²) in [6.07, 6.45) is 4.24. The number of para-hydroxylation sites is 1. The molecule has 0 atom stereocenters. The molecular formula is C25H29N5O. The molecule has 0 unspecified atom stereocenters. The quantitative estimate of drug-likeness (QED) is 0.611. The van der Waals surface area contributed by atoms with Crippen molar-refractivity contribution >= 4 is 17.3 Å². The first-order chi connectivity index (χ1) is 15.1. The Morgan fingerprint density at radius 3 is 2.48 bits per heavy atom. The molecule has 6 heteroatoms. The molecule has 0 bridgehead atoms. The van der Waals surface area contributed by atoms with Crippen LogP contribution in [-0.2, 0) is 0 Å². The van der Waals surface area contributed by atoms with Crippen LogP contribution < -0.4 is 5.32 Å². The molecule has 1 aliphatic heterocycles. The number of anilines is 2. The number of nitrogens with zero attached hydrogens (tertiary/aromatic N) is 3. The van der Waals surface area contributed by atoms with E-state index < -0.39 is 0 Å². The van der Waals surface area contributed by atoms with Gasteiger partial charge in [-0.1, -0.05) is 24.3 Å². The minimum Gasteiger partial charge on any atom is -0.355 e. The lowest BCUT2D eigenvalue weighted by atomic mass is 9.95. The SMILES string of the molecule is Cc1cccc(Nc2ccccc2C(=O)N2CCC(c3nc(C4CC4)n[nH]3)CC2)c1C. The zero-order chi connectivity index (χ0) is 21.4. The highest BCUT2D eigenvalue weighted by atomic mass is 16.2. The number of H-pyrrole nitrogens is 1. The third kappa shape index (κ3) is 4.07. The van der Waals surface area contributed by atoms with Gasteiger partial charge in [0.15, 0.2) is 5.82 Å². The first-order valence-corrected chi connectivity index (χ1v) is 11.2. The zero-order valence-corrected chi connectivity index (χ0v) is 18.2. The van der Waals surface area contributed by atoms with E-state index in [0.717, 1.165) is 54.5 Å². The van der Waals surface area contributed by atoms with Crippen LogP contribution in [0.25, 0.3) is 0 Å². The van der Waals surface area contributed by atoms with Crippen molar-refractivity contribution in [2.45, 2.75) is 51.4 Å². The largest absolute Gasteiger partial charge is 0.355 e. The van der Waals surface area contributed by atoms with Crippen LogP contribution in [0.5, 0.6) is 0 Å². The van der Waals surface area contributed by atoms with Crippen molar-refractivity contribution in [2.24, 2.45) is 0 Å². The summed E-state index contributed by atoms with van der Waals surface area (Å²) in [4.78, 5) is 20.0. The number of hydrogen-bond donors (Lipinski definition) is 2. The van der Waals surface area contributed by atoms with Crippen molar-refractivity contribution in [1.29, 1.82) is 0 Å². The maximum atomic E-state index is 13.4. The van der Waals surface area contributed by atoms with Crippen LogP contribution in [0.4, 0.5) is 11.4 Å². The molecule has 31 heavy (non-hydrogen) atoms. The number of carbonyl (C=O) groups is 1. The molecular weight excluding hydrogens is 386 g/mol. The van der Waals surface area contributed by atoms with Crippen molar-refractivity contribution in [1.82, 2.24) is 20.1 Å². The molecule has 0 spiro atoms. The Kier molecular flexibility index (Phi) is 5.22. The van der Waals surface area contributed by atoms with Crippen LogP contribution in [-0.4, -0.2) is 39.1 Å². The third-order valence-electron chi connectivity index (χ3n) is 6.66. The summed E-state index contributed by atoms with van der Waals surface area (Å²) in [6.45, 7) is 5.68. The molecule has 1 saturated heterocycles. The molecule has 3 aromatic rings. The van der Waals surface area contributed by atoms with E-state index in [1.165, 1.54) is 24.0 Å². The summed E-state index contributed by atoms with van der Waals surface area (Å²) in [5, 5.41) is 11.0. The van der Waals surface area contributed by atoms with E-state index in [4.69, 9.17) is 4.98 Å². The van der Waals surface area contributed by atoms with Gasteiger partial charge >= 0.3 is 0 Å². The summed E-state index contributed by atoms with van der Waals surface area (Å²) in [6, 6.07) is 14.0. The fourth-order valence-electron chi connectivity index (χ4n) is 4.33. The van der Waals surface area contributed by atoms with Crippen LogP contribution in [0, 0.1) is 13.8 Å². The molecule has 2 aliphatic rings. The van der Waals surface area contributed by atoms with Crippen molar-refractivity contribution in [3.8, 4) is 0 Å². The van der Waals surface area contributed by atoms with Crippen LogP contribution >= 0.6 is 0 Å². The molecule has 6 nitrogen and oxygen atoms in total. The van der Waals surface area contributed by atoms with E-state index >= 15 is 0 Å². The van der Waals surface area contributed by atoms with Gasteiger partial charge in [0.25, 0.3) is 5.91 Å². The van der Waals surface area contributed by atoms with Crippen LogP contribution in [0.1, 0.15) is 70.7 Å². The number of amides is 1. The first kappa shape index (κ1) is 19.8. The van der Waals surface area contributed by atoms with Gasteiger partial charge in [-0.25, -0.2) is 4.98 Å². The number of nitrogens with one attached hydrogen (secondary N) is 2. The standard InChI is InChI=1S/C25H29N5O/c1-16-6-5-9-21(17(16)2)26-22-8-4-3-7-20(22)25(31)30-14-12-19(13-15-30)24-27-23(28-29-24)18-10-11-18/h3-9,18-19,26H,10-15H2,1-2H3,(H,27,28,29). The van der Waals surface area contributed by atoms with Crippen molar-refractivity contribution in [3.05, 3.63) is 70.8 Å². The molecule has 5 rings (SSSR count). The summed E-state index contributed by atoms with van der Waals surface area (Å²) in [7, 11) is 0. The normalized spacial score (nSPS) is 17.0. The van der Waals surface area contributed by atoms with E-state index in [2.05, 4.69) is 41.5 Å². The van der Waals surface area contributed by atoms with Crippen LogP contribution in [0.3, 0.4) is 0 Å². The first-order valence-electron chi connectivity index (χ1n) is 11.2. The number of rotatable bonds is 5. The lowest BCUT2D eigenvalue weighted by Crippen LogP contribution is -2.38. The summed E-state index contributed by atoms with van der Waals surface area (Å²) in [5.74, 6) is 2.97. The Morgan fingerprint density at radius 1 is 0.968 bits per heavy atom. The highest BCUT2D eigenvalue weighted by Gasteiger charge is 2.31. The average Bonchev–Trinajstić information content (AvgIpc) is 3.53. The number of carbonyl (C=O) groups excluding carboxylic acids is 1. The van der Waals surface area contributed by atoms with Gasteiger partial charge in [-0.05, 0) is 68.9 Å². The second-order valence-corrected chi connectivity index (χ2v) is 8.84. The highest BCUT2D eigenvalue weighted by molar-refractivity contribution is 6.00. The topological polar surface area (TPSA) is 73.9 Å². The number of aromatic nitrogens is 3. The molecule has 1 saturated carbocycles. The minimum atomic E-state index is 0.0862. The Morgan fingerprint density at radius 2 is 1.71 bits per heavy atom. The Balaban J connectivity index is 1.28. The van der Waals surface area contributed by atoms with E-state index in [1.807, 2.05) is 35.2 Å². The molecule has 2 fully saturated rings. The van der Waals surface area contributed by atoms with Crippen molar-refractivity contribution in [3.63, 3.8) is 0 Å². The minimum absolute atomic E-state index is 0.0862. The molecule has 2 N–H and O–H groups in total. The maximum absolute atomic E-state index is 13.4. The van der Waals surface area contributed by atoms with Gasteiger partial charge in [-0.3, -0.25) is 9.89 Å². The predicted octanol–water partition coefficient (Wildman–Crippen LogP) is 5.06. The fraction of sp³-hybridized carbons (Fsp3) is 0.400. The lowest BCUT2D eigenvalue weighted by Gasteiger charge is -2.31. The molecule has 1 aliphatic carbocycles. The summed E-state index contributed by atoms with van der Waals surface area (Å²) >= 11 is 0. The molecule has 1 aromatic heterocycles. The van der Waals surface area contributed by atoms with E-state index in [1.54, 1.807) is 0 Å². The van der Waals surface area contributed by atoms with E-state index in [0.29, 0.717) is 11.8 Å². The molecule has 2 heterocycles. The smallest absolute Gasteiger partial charge is 0.255 e. The molecule has 160 valence electrons. The number of likely N-dealkylation sites (tertiary alicyclic amines) is 1. The van der Waals surface area contributed by atoms with Gasteiger partial charge in [0.2, 0.25) is 0 Å². The van der Waals surface area contributed by atoms with Gasteiger partial charge < -0.3 is 10.2 Å². The second-order valence-electron chi connectivity index (χ2n) is 8.84. The van der Waals surface area contributed by atoms with E-state index in [-0.39, 0.29) is 5.91 Å². The number of aryl methyl sites for hydroxylation is 1. The zero-order valence-electron chi connectivity index (χ0n) is 18.2. The number of benzene rings is 2. The molecule has 0 radical (unpaired) electrons. The van der Waals surface area contributed by atoms with Gasteiger partial charge in [0.05, 0.1) is 11.3 Å². The maximum Gasteiger partial charge on any atom is 0.255 e. The predicted molar refractivity (Wildman–Crippen MR) is 122 cm³/mol. The van der Waals surface area contributed by atoms with Crippen LogP contribution in [0.2, 0.25) is 0 Å². The highest BCUT2D eigenvalue weighted by Crippen LogP contribution is 2.38. The van der Waals surface area contributed by atoms with Gasteiger partial charge in [-0.2, -0.15) is 5.10 Å². The monoisotopic (exact) mass is 415 g/mol. The van der Waals surface area contributed by atoms with Gasteiger partial charge in [0, 0.05) is 30.6 Å². The van der Waals surface area contributed by atoms with Crippen molar-refractivity contribution in [2.75, 3.05) is 18.4 Å². The van der Waals surface area contributed by atoms with Gasteiger partial charge in [-0.15, -0.1) is 0 Å².